The van der Waals surface area contributed by atoms with Gasteiger partial charge in [0.15, 0.2) is 5.17 Å². The van der Waals surface area contributed by atoms with E-state index < -0.39 is 23.1 Å². The van der Waals surface area contributed by atoms with Crippen LogP contribution in [0.3, 0.4) is 0 Å². The molecule has 1 aliphatic rings. The van der Waals surface area contributed by atoms with Gasteiger partial charge in [-0.2, -0.15) is 0 Å². The lowest BCUT2D eigenvalue weighted by Gasteiger charge is -2.30. The van der Waals surface area contributed by atoms with Crippen LogP contribution in [0.1, 0.15) is 29.3 Å². The van der Waals surface area contributed by atoms with Crippen LogP contribution in [0.25, 0.3) is 0 Å². The first-order valence-electron chi connectivity index (χ1n) is 7.72. The predicted molar refractivity (Wildman–Crippen MR) is 96.8 cm³/mol. The molecule has 3 rings (SSSR count). The van der Waals surface area contributed by atoms with Crippen LogP contribution in [0.5, 0.6) is 0 Å². The van der Waals surface area contributed by atoms with Gasteiger partial charge in [-0.3, -0.25) is 9.79 Å². The summed E-state index contributed by atoms with van der Waals surface area (Å²) >= 11 is 1.48. The van der Waals surface area contributed by atoms with Crippen LogP contribution in [-0.4, -0.2) is 16.8 Å². The predicted octanol–water partition coefficient (Wildman–Crippen LogP) is 3.88. The molecule has 1 aliphatic heterocycles. The number of amides is 1. The molecule has 1 atom stereocenters. The Balaban J connectivity index is 1.88. The number of nitrogens with two attached hydrogens (primary N) is 1. The van der Waals surface area contributed by atoms with Crippen LogP contribution in [0.15, 0.2) is 47.5 Å². The van der Waals surface area contributed by atoms with E-state index in [2.05, 4.69) is 10.3 Å². The van der Waals surface area contributed by atoms with Crippen molar-refractivity contribution in [3.05, 3.63) is 65.2 Å². The maximum atomic E-state index is 14.1. The molecule has 0 fully saturated rings. The van der Waals surface area contributed by atoms with Crippen molar-refractivity contribution in [2.24, 2.45) is 10.7 Å². The minimum atomic E-state index is -0.557. The Labute approximate surface area is 148 Å². The zero-order valence-electron chi connectivity index (χ0n) is 13.6. The zero-order chi connectivity index (χ0) is 18.0. The molecule has 4 nitrogen and oxygen atoms in total. The summed E-state index contributed by atoms with van der Waals surface area (Å²) < 4.78 is 27.1. The zero-order valence-corrected chi connectivity index (χ0v) is 14.4. The number of amidine groups is 1. The number of hydrogen-bond donors (Lipinski definition) is 2. The van der Waals surface area contributed by atoms with E-state index in [1.165, 1.54) is 42.1 Å². The number of carbonyl (C=O) groups excluding carboxylic acids is 1. The van der Waals surface area contributed by atoms with Crippen molar-refractivity contribution in [1.29, 1.82) is 0 Å². The Hall–Kier alpha value is -2.41. The van der Waals surface area contributed by atoms with Gasteiger partial charge < -0.3 is 11.1 Å². The van der Waals surface area contributed by atoms with E-state index in [0.29, 0.717) is 5.17 Å². The smallest absolute Gasteiger partial charge is 0.255 e. The Bertz CT molecular complexity index is 839. The molecule has 1 heterocycles. The Kier molecular flexibility index (Phi) is 4.76. The van der Waals surface area contributed by atoms with E-state index in [1.807, 2.05) is 6.92 Å². The Morgan fingerprint density at radius 2 is 1.96 bits per heavy atom. The van der Waals surface area contributed by atoms with Crippen molar-refractivity contribution in [3.63, 3.8) is 0 Å². The fraction of sp³-hybridized carbons (Fsp3) is 0.222. The van der Waals surface area contributed by atoms with Gasteiger partial charge in [0.1, 0.15) is 11.6 Å². The second-order valence-corrected chi connectivity index (χ2v) is 7.09. The van der Waals surface area contributed by atoms with Crippen molar-refractivity contribution >= 4 is 28.5 Å². The van der Waals surface area contributed by atoms with Gasteiger partial charge in [0, 0.05) is 11.3 Å². The molecule has 0 aliphatic carbocycles. The molecule has 0 radical (unpaired) electrons. The van der Waals surface area contributed by atoms with Crippen LogP contribution in [-0.2, 0) is 5.54 Å². The number of anilines is 1. The van der Waals surface area contributed by atoms with E-state index in [0.717, 1.165) is 17.7 Å². The van der Waals surface area contributed by atoms with Gasteiger partial charge in [0.25, 0.3) is 5.91 Å². The third kappa shape index (κ3) is 3.82. The first kappa shape index (κ1) is 17.4. The number of thioether (sulfide) groups is 1. The highest BCUT2D eigenvalue weighted by molar-refractivity contribution is 8.13. The van der Waals surface area contributed by atoms with Crippen LogP contribution in [0, 0.1) is 11.6 Å². The molecule has 2 aromatic rings. The summed E-state index contributed by atoms with van der Waals surface area (Å²) in [4.78, 5) is 16.7. The number of benzene rings is 2. The molecule has 0 bridgehead atoms. The average Bonchev–Trinajstić information content (AvgIpc) is 2.57. The summed E-state index contributed by atoms with van der Waals surface area (Å²) in [6, 6.07) is 9.57. The van der Waals surface area contributed by atoms with Crippen LogP contribution in [0.2, 0.25) is 0 Å². The van der Waals surface area contributed by atoms with E-state index >= 15 is 0 Å². The van der Waals surface area contributed by atoms with Crippen LogP contribution >= 0.6 is 11.8 Å². The molecule has 1 unspecified atom stereocenters. The standard InChI is InChI=1S/C18H17F2N3OS/c1-18(8-9-25-17(21)23-18)12-4-7-14(20)15(10-12)22-16(24)11-2-5-13(19)6-3-11/h2-7,10H,8-9H2,1H3,(H2,21,23)(H,22,24). The monoisotopic (exact) mass is 361 g/mol. The van der Waals surface area contributed by atoms with Gasteiger partial charge >= 0.3 is 0 Å². The Morgan fingerprint density at radius 1 is 1.24 bits per heavy atom. The number of nitrogens with one attached hydrogen (secondary N) is 1. The second kappa shape index (κ2) is 6.84. The lowest BCUT2D eigenvalue weighted by atomic mass is 9.89. The molecule has 25 heavy (non-hydrogen) atoms. The van der Waals surface area contributed by atoms with E-state index in [1.54, 1.807) is 12.1 Å². The third-order valence-corrected chi connectivity index (χ3v) is 4.93. The average molecular weight is 361 g/mol. The summed E-state index contributed by atoms with van der Waals surface area (Å²) in [5.74, 6) is -0.683. The maximum absolute atomic E-state index is 14.1. The van der Waals surface area contributed by atoms with Crippen molar-refractivity contribution in [2.45, 2.75) is 18.9 Å². The molecule has 0 spiro atoms. The molecule has 7 heteroatoms. The lowest BCUT2D eigenvalue weighted by molar-refractivity contribution is 0.102. The number of carbonyl (C=O) groups is 1. The molecular weight excluding hydrogens is 344 g/mol. The fourth-order valence-corrected chi connectivity index (χ4v) is 3.62. The topological polar surface area (TPSA) is 67.5 Å². The minimum Gasteiger partial charge on any atom is -0.379 e. The van der Waals surface area contributed by atoms with Gasteiger partial charge in [-0.25, -0.2) is 8.78 Å². The summed E-state index contributed by atoms with van der Waals surface area (Å²) in [5.41, 5.74) is 6.34. The van der Waals surface area contributed by atoms with Crippen molar-refractivity contribution in [1.82, 2.24) is 0 Å². The molecule has 1 amide bonds. The first-order valence-corrected chi connectivity index (χ1v) is 8.71. The van der Waals surface area contributed by atoms with Crippen LogP contribution in [0.4, 0.5) is 14.5 Å². The van der Waals surface area contributed by atoms with E-state index in [-0.39, 0.29) is 11.3 Å². The van der Waals surface area contributed by atoms with Crippen LogP contribution < -0.4 is 11.1 Å². The number of halogens is 2. The molecule has 0 saturated carbocycles. The fourth-order valence-electron chi connectivity index (χ4n) is 2.65. The SMILES string of the molecule is CC1(c2ccc(F)c(NC(=O)c3ccc(F)cc3)c2)CCSC(N)=N1. The summed E-state index contributed by atoms with van der Waals surface area (Å²) in [6.45, 7) is 1.93. The molecule has 0 aromatic heterocycles. The van der Waals surface area contributed by atoms with E-state index in [4.69, 9.17) is 5.73 Å². The van der Waals surface area contributed by atoms with Gasteiger partial charge in [0.05, 0.1) is 11.2 Å². The maximum Gasteiger partial charge on any atom is 0.255 e. The van der Waals surface area contributed by atoms with Crippen molar-refractivity contribution < 1.29 is 13.6 Å². The summed E-state index contributed by atoms with van der Waals surface area (Å²) in [7, 11) is 0. The number of hydrogen-bond acceptors (Lipinski definition) is 4. The second-order valence-electron chi connectivity index (χ2n) is 5.98. The quantitative estimate of drug-likeness (QED) is 0.872. The summed E-state index contributed by atoms with van der Waals surface area (Å²) in [6.07, 6.45) is 0.759. The minimum absolute atomic E-state index is 0.0556. The lowest BCUT2D eigenvalue weighted by Crippen LogP contribution is -2.29. The highest BCUT2D eigenvalue weighted by Crippen LogP contribution is 2.36. The normalized spacial score (nSPS) is 20.0. The van der Waals surface area contributed by atoms with Crippen molar-refractivity contribution in [2.75, 3.05) is 11.1 Å². The largest absolute Gasteiger partial charge is 0.379 e. The van der Waals surface area contributed by atoms with Crippen molar-refractivity contribution in [3.8, 4) is 0 Å². The third-order valence-electron chi connectivity index (χ3n) is 4.14. The number of rotatable bonds is 3. The molecule has 3 N–H and O–H groups in total. The molecule has 2 aromatic carbocycles. The first-order chi connectivity index (χ1) is 11.9. The molecule has 130 valence electrons. The molecular formula is C18H17F2N3OS. The number of aliphatic imine (C=N–C) groups is 1. The number of nitrogens with zero attached hydrogens (tertiary/aromatic N) is 1. The molecule has 0 saturated heterocycles. The van der Waals surface area contributed by atoms with E-state index in [9.17, 15) is 13.6 Å². The Morgan fingerprint density at radius 3 is 2.64 bits per heavy atom. The highest BCUT2D eigenvalue weighted by Gasteiger charge is 2.30. The summed E-state index contributed by atoms with van der Waals surface area (Å²) in [5, 5.41) is 3.03. The highest BCUT2D eigenvalue weighted by atomic mass is 32.2. The van der Waals surface area contributed by atoms with Gasteiger partial charge in [-0.15, -0.1) is 0 Å². The van der Waals surface area contributed by atoms with Gasteiger partial charge in [-0.05, 0) is 55.3 Å². The van der Waals surface area contributed by atoms with Gasteiger partial charge in [0.2, 0.25) is 0 Å². The van der Waals surface area contributed by atoms with Gasteiger partial charge in [-0.1, -0.05) is 17.8 Å².